The first-order valence-electron chi connectivity index (χ1n) is 9.19. The molecule has 26 heavy (non-hydrogen) atoms. The Bertz CT molecular complexity index is 747. The van der Waals surface area contributed by atoms with Crippen LogP contribution in [0.3, 0.4) is 0 Å². The van der Waals surface area contributed by atoms with Crippen LogP contribution < -0.4 is 11.1 Å². The fourth-order valence-electron chi connectivity index (χ4n) is 4.43. The van der Waals surface area contributed by atoms with Gasteiger partial charge in [-0.25, -0.2) is 4.98 Å². The van der Waals surface area contributed by atoms with Gasteiger partial charge in [0, 0.05) is 34.3 Å². The van der Waals surface area contributed by atoms with E-state index >= 15 is 0 Å². The number of rotatable bonds is 3. The van der Waals surface area contributed by atoms with Gasteiger partial charge in [0.25, 0.3) is 0 Å². The van der Waals surface area contributed by atoms with Crippen molar-refractivity contribution in [2.24, 2.45) is 23.5 Å². The van der Waals surface area contributed by atoms with E-state index in [2.05, 4.69) is 15.7 Å². The number of carbonyl (C=O) groups is 1. The maximum atomic E-state index is 12.7. The number of nitrogens with two attached hydrogens (primary N) is 1. The third kappa shape index (κ3) is 3.95. The zero-order valence-corrected chi connectivity index (χ0v) is 16.6. The first-order valence-corrected chi connectivity index (χ1v) is 10.1. The number of nitrogens with one attached hydrogen (secondary N) is 1. The molecule has 1 aromatic carbocycles. The molecule has 2 aromatic rings. The molecule has 6 heteroatoms. The highest BCUT2D eigenvalue weighted by molar-refractivity contribution is 7.13. The summed E-state index contributed by atoms with van der Waals surface area (Å²) in [5.41, 5.74) is 9.33. The van der Waals surface area contributed by atoms with Crippen LogP contribution in [-0.4, -0.2) is 16.9 Å². The van der Waals surface area contributed by atoms with Gasteiger partial charge in [-0.15, -0.1) is 23.7 Å². The highest BCUT2D eigenvalue weighted by Crippen LogP contribution is 2.42. The first-order chi connectivity index (χ1) is 12.1. The van der Waals surface area contributed by atoms with E-state index in [1.807, 2.05) is 31.2 Å². The Morgan fingerprint density at radius 3 is 2.42 bits per heavy atom. The number of fused-ring (bicyclic) bond motifs is 2. The number of amides is 1. The minimum atomic E-state index is 0. The number of halogens is 1. The number of nitrogens with zero attached hydrogens (tertiary/aromatic N) is 1. The van der Waals surface area contributed by atoms with E-state index in [-0.39, 0.29) is 24.2 Å². The van der Waals surface area contributed by atoms with Crippen LogP contribution in [0.2, 0.25) is 0 Å². The molecule has 0 saturated heterocycles. The number of hydrogen-bond acceptors (Lipinski definition) is 4. The van der Waals surface area contributed by atoms with Gasteiger partial charge >= 0.3 is 0 Å². The van der Waals surface area contributed by atoms with E-state index in [0.29, 0.717) is 17.9 Å². The Morgan fingerprint density at radius 1 is 1.19 bits per heavy atom. The van der Waals surface area contributed by atoms with Crippen LogP contribution in [0.1, 0.15) is 37.8 Å². The smallest absolute Gasteiger partial charge is 0.227 e. The van der Waals surface area contributed by atoms with Crippen molar-refractivity contribution in [2.45, 2.75) is 45.1 Å². The van der Waals surface area contributed by atoms with Crippen molar-refractivity contribution in [1.29, 1.82) is 0 Å². The van der Waals surface area contributed by atoms with Crippen LogP contribution >= 0.6 is 23.7 Å². The van der Waals surface area contributed by atoms with Crippen molar-refractivity contribution in [3.05, 3.63) is 35.3 Å². The summed E-state index contributed by atoms with van der Waals surface area (Å²) in [7, 11) is 0. The van der Waals surface area contributed by atoms with Crippen LogP contribution in [0, 0.1) is 24.7 Å². The Labute approximate surface area is 165 Å². The number of benzene rings is 1. The normalized spacial score (nSPS) is 27.5. The van der Waals surface area contributed by atoms with Crippen molar-refractivity contribution in [1.82, 2.24) is 4.98 Å². The standard InChI is InChI=1S/C20H25N3OS.ClH/c1-12-11-25-20(22-12)13-5-7-17(8-6-13)23-19(24)16-9-14-3-2-4-15(10-16)18(14)21;/h5-8,11,14-16,18H,2-4,9-10,21H2,1H3,(H,23,24);1H. The van der Waals surface area contributed by atoms with Crippen molar-refractivity contribution < 1.29 is 4.79 Å². The highest BCUT2D eigenvalue weighted by atomic mass is 35.5. The van der Waals surface area contributed by atoms with Gasteiger partial charge < -0.3 is 11.1 Å². The second-order valence-electron chi connectivity index (χ2n) is 7.56. The maximum absolute atomic E-state index is 12.7. The zero-order chi connectivity index (χ0) is 17.4. The van der Waals surface area contributed by atoms with Crippen LogP contribution in [0.4, 0.5) is 5.69 Å². The van der Waals surface area contributed by atoms with E-state index in [1.54, 1.807) is 11.3 Å². The van der Waals surface area contributed by atoms with Crippen LogP contribution in [0.5, 0.6) is 0 Å². The average molecular weight is 392 g/mol. The van der Waals surface area contributed by atoms with Gasteiger partial charge in [-0.1, -0.05) is 6.42 Å². The first kappa shape index (κ1) is 19.3. The maximum Gasteiger partial charge on any atom is 0.227 e. The SMILES string of the molecule is Cc1csc(-c2ccc(NC(=O)C3CC4CCCC(C3)C4N)cc2)n1.Cl. The second-order valence-corrected chi connectivity index (χ2v) is 8.42. The summed E-state index contributed by atoms with van der Waals surface area (Å²) in [6.07, 6.45) is 5.53. The molecule has 0 spiro atoms. The summed E-state index contributed by atoms with van der Waals surface area (Å²) in [5, 5.41) is 6.17. The van der Waals surface area contributed by atoms with Crippen LogP contribution in [0.15, 0.2) is 29.6 Å². The summed E-state index contributed by atoms with van der Waals surface area (Å²) in [5.74, 6) is 1.32. The van der Waals surface area contributed by atoms with Crippen LogP contribution in [-0.2, 0) is 4.79 Å². The molecule has 2 saturated carbocycles. The number of aromatic nitrogens is 1. The van der Waals surface area contributed by atoms with E-state index in [4.69, 9.17) is 5.73 Å². The Kier molecular flexibility index (Phi) is 6.00. The molecule has 4 rings (SSSR count). The van der Waals surface area contributed by atoms with Crippen molar-refractivity contribution in [2.75, 3.05) is 5.32 Å². The lowest BCUT2D eigenvalue weighted by atomic mass is 9.65. The Hall–Kier alpha value is -1.43. The quantitative estimate of drug-likeness (QED) is 0.801. The van der Waals surface area contributed by atoms with Gasteiger partial charge in [0.2, 0.25) is 5.91 Å². The predicted molar refractivity (Wildman–Crippen MR) is 110 cm³/mol. The molecule has 140 valence electrons. The van der Waals surface area contributed by atoms with E-state index in [0.717, 1.165) is 34.8 Å². The summed E-state index contributed by atoms with van der Waals surface area (Å²) in [6.45, 7) is 2.00. The third-order valence-corrected chi connectivity index (χ3v) is 6.81. The van der Waals surface area contributed by atoms with Gasteiger partial charge in [0.05, 0.1) is 0 Å². The molecular weight excluding hydrogens is 366 g/mol. The molecule has 4 nitrogen and oxygen atoms in total. The molecule has 2 aliphatic carbocycles. The molecule has 1 aromatic heterocycles. The highest BCUT2D eigenvalue weighted by Gasteiger charge is 2.40. The van der Waals surface area contributed by atoms with Crippen molar-refractivity contribution in [3.8, 4) is 10.6 Å². The molecule has 2 aliphatic rings. The molecule has 1 heterocycles. The van der Waals surface area contributed by atoms with E-state index < -0.39 is 0 Å². The fraction of sp³-hybridized carbons (Fsp3) is 0.500. The van der Waals surface area contributed by atoms with Gasteiger partial charge in [-0.05, 0) is 68.7 Å². The molecule has 3 N–H and O–H groups in total. The number of hydrogen-bond donors (Lipinski definition) is 2. The second kappa shape index (κ2) is 8.07. The molecule has 2 fully saturated rings. The molecule has 2 bridgehead atoms. The summed E-state index contributed by atoms with van der Waals surface area (Å²) < 4.78 is 0. The Morgan fingerprint density at radius 2 is 1.85 bits per heavy atom. The third-order valence-electron chi connectivity index (χ3n) is 5.80. The molecular formula is C20H26ClN3OS. The van der Waals surface area contributed by atoms with Gasteiger partial charge in [-0.3, -0.25) is 4.79 Å². The van der Waals surface area contributed by atoms with E-state index in [1.165, 1.54) is 19.3 Å². The van der Waals surface area contributed by atoms with Gasteiger partial charge in [-0.2, -0.15) is 0 Å². The van der Waals surface area contributed by atoms with Crippen molar-refractivity contribution in [3.63, 3.8) is 0 Å². The monoisotopic (exact) mass is 391 g/mol. The summed E-state index contributed by atoms with van der Waals surface area (Å²) >= 11 is 1.64. The lowest BCUT2D eigenvalue weighted by Gasteiger charge is -2.43. The minimum Gasteiger partial charge on any atom is -0.327 e. The average Bonchev–Trinajstić information content (AvgIpc) is 3.01. The van der Waals surface area contributed by atoms with E-state index in [9.17, 15) is 4.79 Å². The molecule has 0 radical (unpaired) electrons. The predicted octanol–water partition coefficient (Wildman–Crippen LogP) is 4.63. The van der Waals surface area contributed by atoms with Crippen molar-refractivity contribution >= 4 is 35.3 Å². The zero-order valence-electron chi connectivity index (χ0n) is 15.0. The molecule has 2 unspecified atom stereocenters. The Balaban J connectivity index is 0.00000196. The summed E-state index contributed by atoms with van der Waals surface area (Å²) in [6, 6.07) is 8.30. The number of carbonyl (C=O) groups excluding carboxylic acids is 1. The molecule has 2 atom stereocenters. The molecule has 1 amide bonds. The lowest BCUT2D eigenvalue weighted by Crippen LogP contribution is -2.48. The number of anilines is 1. The number of thiazole rings is 1. The topological polar surface area (TPSA) is 68.0 Å². The van der Waals surface area contributed by atoms with Crippen LogP contribution in [0.25, 0.3) is 10.6 Å². The minimum absolute atomic E-state index is 0. The van der Waals surface area contributed by atoms with Gasteiger partial charge in [0.1, 0.15) is 5.01 Å². The molecule has 0 aliphatic heterocycles. The lowest BCUT2D eigenvalue weighted by molar-refractivity contribution is -0.122. The largest absolute Gasteiger partial charge is 0.327 e. The fourth-order valence-corrected chi connectivity index (χ4v) is 5.23. The number of aryl methyl sites for hydroxylation is 1. The summed E-state index contributed by atoms with van der Waals surface area (Å²) in [4.78, 5) is 17.2. The van der Waals surface area contributed by atoms with Gasteiger partial charge in [0.15, 0.2) is 0 Å².